The highest BCUT2D eigenvalue weighted by atomic mass is 19.1. The second kappa shape index (κ2) is 7.51. The zero-order valence-electron chi connectivity index (χ0n) is 10.8. The van der Waals surface area contributed by atoms with E-state index in [1.54, 1.807) is 6.07 Å². The summed E-state index contributed by atoms with van der Waals surface area (Å²) in [6.07, 6.45) is 2.22. The molecular formula is C14H17FO4. The first-order valence-corrected chi connectivity index (χ1v) is 6.16. The minimum atomic E-state index is -0.803. The van der Waals surface area contributed by atoms with E-state index in [2.05, 4.69) is 0 Å². The van der Waals surface area contributed by atoms with Gasteiger partial charge in [-0.25, -0.2) is 4.39 Å². The minimum Gasteiger partial charge on any atom is -0.493 e. The molecule has 1 aromatic carbocycles. The van der Waals surface area contributed by atoms with Crippen molar-refractivity contribution < 1.29 is 23.8 Å². The standard InChI is InChI=1S/C14H17FO4/c1-10(16)12-7-6-11(9-13(12)15)19-8-4-2-3-5-14(17)18/h6-7,9H,2-5,8H2,1H3,(H,17,18). The van der Waals surface area contributed by atoms with Crippen LogP contribution in [-0.4, -0.2) is 23.5 Å². The summed E-state index contributed by atoms with van der Waals surface area (Å²) < 4.78 is 18.8. The summed E-state index contributed by atoms with van der Waals surface area (Å²) in [6.45, 7) is 1.71. The molecule has 0 bridgehead atoms. The summed E-state index contributed by atoms with van der Waals surface area (Å²) in [6, 6.07) is 4.14. The van der Waals surface area contributed by atoms with Crippen LogP contribution in [0.5, 0.6) is 5.75 Å². The van der Waals surface area contributed by atoms with Gasteiger partial charge >= 0.3 is 5.97 Å². The molecule has 1 N–H and O–H groups in total. The van der Waals surface area contributed by atoms with Crippen LogP contribution in [0.3, 0.4) is 0 Å². The van der Waals surface area contributed by atoms with Crippen LogP contribution in [-0.2, 0) is 4.79 Å². The number of aliphatic carboxylic acids is 1. The van der Waals surface area contributed by atoms with Crippen LogP contribution < -0.4 is 4.74 Å². The van der Waals surface area contributed by atoms with Crippen LogP contribution in [0.2, 0.25) is 0 Å². The number of carboxylic acid groups (broad SMARTS) is 1. The molecule has 0 saturated heterocycles. The molecule has 104 valence electrons. The summed E-state index contributed by atoms with van der Waals surface area (Å²) in [5.74, 6) is -1.34. The van der Waals surface area contributed by atoms with Crippen LogP contribution in [0.1, 0.15) is 43.0 Å². The van der Waals surface area contributed by atoms with Crippen molar-refractivity contribution in [2.45, 2.75) is 32.6 Å². The van der Waals surface area contributed by atoms with Crippen LogP contribution in [0.15, 0.2) is 18.2 Å². The van der Waals surface area contributed by atoms with E-state index in [-0.39, 0.29) is 17.8 Å². The average molecular weight is 268 g/mol. The molecule has 0 saturated carbocycles. The van der Waals surface area contributed by atoms with E-state index in [4.69, 9.17) is 9.84 Å². The molecule has 0 aliphatic rings. The number of carbonyl (C=O) groups is 2. The van der Waals surface area contributed by atoms with Crippen molar-refractivity contribution in [3.63, 3.8) is 0 Å². The van der Waals surface area contributed by atoms with Gasteiger partial charge in [0.2, 0.25) is 0 Å². The quantitative estimate of drug-likeness (QED) is 0.581. The number of hydrogen-bond acceptors (Lipinski definition) is 3. The topological polar surface area (TPSA) is 63.6 Å². The number of unbranched alkanes of at least 4 members (excludes halogenated alkanes) is 2. The lowest BCUT2D eigenvalue weighted by molar-refractivity contribution is -0.137. The van der Waals surface area contributed by atoms with Gasteiger partial charge in [-0.1, -0.05) is 0 Å². The lowest BCUT2D eigenvalue weighted by Crippen LogP contribution is -2.01. The fourth-order valence-corrected chi connectivity index (χ4v) is 1.62. The van der Waals surface area contributed by atoms with Gasteiger partial charge in [0.25, 0.3) is 0 Å². The number of carbonyl (C=O) groups excluding carboxylic acids is 1. The molecule has 19 heavy (non-hydrogen) atoms. The molecule has 0 aliphatic carbocycles. The van der Waals surface area contributed by atoms with Crippen LogP contribution in [0.25, 0.3) is 0 Å². The fourth-order valence-electron chi connectivity index (χ4n) is 1.62. The zero-order chi connectivity index (χ0) is 14.3. The summed E-state index contributed by atoms with van der Waals surface area (Å²) in [7, 11) is 0. The summed E-state index contributed by atoms with van der Waals surface area (Å²) in [5, 5.41) is 8.45. The van der Waals surface area contributed by atoms with Crippen molar-refractivity contribution in [2.24, 2.45) is 0 Å². The Labute approximate surface area is 111 Å². The molecule has 1 aromatic rings. The Hall–Kier alpha value is -1.91. The molecule has 0 aromatic heterocycles. The molecule has 4 nitrogen and oxygen atoms in total. The number of hydrogen-bond donors (Lipinski definition) is 1. The second-order valence-electron chi connectivity index (χ2n) is 4.25. The number of rotatable bonds is 8. The number of carboxylic acids is 1. The third-order valence-electron chi connectivity index (χ3n) is 2.62. The Bertz CT molecular complexity index is 457. The first-order chi connectivity index (χ1) is 9.00. The maximum atomic E-state index is 13.5. The highest BCUT2D eigenvalue weighted by Crippen LogP contribution is 2.17. The molecule has 5 heteroatoms. The molecule has 0 heterocycles. The lowest BCUT2D eigenvalue weighted by Gasteiger charge is -2.07. The number of Topliss-reactive ketones (excluding diaryl/α,β-unsaturated/α-hetero) is 1. The highest BCUT2D eigenvalue weighted by molar-refractivity contribution is 5.94. The van der Waals surface area contributed by atoms with E-state index in [0.717, 1.165) is 6.42 Å². The summed E-state index contributed by atoms with van der Waals surface area (Å²) in [4.78, 5) is 21.3. The number of ether oxygens (including phenoxy) is 1. The van der Waals surface area contributed by atoms with Crippen LogP contribution in [0.4, 0.5) is 4.39 Å². The van der Waals surface area contributed by atoms with E-state index >= 15 is 0 Å². The Morgan fingerprint density at radius 1 is 1.26 bits per heavy atom. The average Bonchev–Trinajstić information content (AvgIpc) is 2.32. The zero-order valence-corrected chi connectivity index (χ0v) is 10.8. The Morgan fingerprint density at radius 2 is 2.00 bits per heavy atom. The van der Waals surface area contributed by atoms with Gasteiger partial charge in [-0.15, -0.1) is 0 Å². The van der Waals surface area contributed by atoms with E-state index in [1.807, 2.05) is 0 Å². The van der Waals surface area contributed by atoms with Gasteiger partial charge in [0, 0.05) is 12.5 Å². The van der Waals surface area contributed by atoms with Crippen molar-refractivity contribution in [3.05, 3.63) is 29.6 Å². The fraction of sp³-hybridized carbons (Fsp3) is 0.429. The predicted octanol–water partition coefficient (Wildman–Crippen LogP) is 3.05. The normalized spacial score (nSPS) is 10.2. The minimum absolute atomic E-state index is 0.0498. The molecule has 0 aliphatic heterocycles. The monoisotopic (exact) mass is 268 g/mol. The number of ketones is 1. The smallest absolute Gasteiger partial charge is 0.303 e. The third-order valence-corrected chi connectivity index (χ3v) is 2.62. The predicted molar refractivity (Wildman–Crippen MR) is 68.0 cm³/mol. The highest BCUT2D eigenvalue weighted by Gasteiger charge is 2.08. The largest absolute Gasteiger partial charge is 0.493 e. The van der Waals surface area contributed by atoms with Crippen molar-refractivity contribution in [2.75, 3.05) is 6.61 Å². The third kappa shape index (κ3) is 5.50. The van der Waals surface area contributed by atoms with Crippen LogP contribution >= 0.6 is 0 Å². The van der Waals surface area contributed by atoms with Gasteiger partial charge in [-0.3, -0.25) is 9.59 Å². The Kier molecular flexibility index (Phi) is 5.99. The molecular weight excluding hydrogens is 251 g/mol. The molecule has 0 spiro atoms. The number of benzene rings is 1. The maximum absolute atomic E-state index is 13.5. The second-order valence-corrected chi connectivity index (χ2v) is 4.25. The van der Waals surface area contributed by atoms with Crippen molar-refractivity contribution in [1.29, 1.82) is 0 Å². The Morgan fingerprint density at radius 3 is 2.58 bits per heavy atom. The molecule has 0 unspecified atom stereocenters. The van der Waals surface area contributed by atoms with Gasteiger partial charge < -0.3 is 9.84 Å². The van der Waals surface area contributed by atoms with Crippen molar-refractivity contribution in [1.82, 2.24) is 0 Å². The lowest BCUT2D eigenvalue weighted by atomic mass is 10.1. The molecule has 0 radical (unpaired) electrons. The van der Waals surface area contributed by atoms with E-state index in [0.29, 0.717) is 25.2 Å². The van der Waals surface area contributed by atoms with E-state index < -0.39 is 11.8 Å². The van der Waals surface area contributed by atoms with E-state index in [1.165, 1.54) is 19.1 Å². The Balaban J connectivity index is 2.32. The van der Waals surface area contributed by atoms with Gasteiger partial charge in [-0.2, -0.15) is 0 Å². The molecule has 0 atom stereocenters. The first-order valence-electron chi connectivity index (χ1n) is 6.16. The number of halogens is 1. The molecule has 0 fully saturated rings. The van der Waals surface area contributed by atoms with Crippen molar-refractivity contribution >= 4 is 11.8 Å². The molecule has 0 amide bonds. The van der Waals surface area contributed by atoms with Crippen LogP contribution in [0, 0.1) is 5.82 Å². The van der Waals surface area contributed by atoms with Gasteiger partial charge in [0.05, 0.1) is 12.2 Å². The van der Waals surface area contributed by atoms with Gasteiger partial charge in [0.15, 0.2) is 5.78 Å². The summed E-state index contributed by atoms with van der Waals surface area (Å²) in [5.41, 5.74) is 0.0498. The van der Waals surface area contributed by atoms with Gasteiger partial charge in [-0.05, 0) is 38.3 Å². The summed E-state index contributed by atoms with van der Waals surface area (Å²) >= 11 is 0. The van der Waals surface area contributed by atoms with Gasteiger partial charge in [0.1, 0.15) is 11.6 Å². The molecule has 1 rings (SSSR count). The maximum Gasteiger partial charge on any atom is 0.303 e. The van der Waals surface area contributed by atoms with E-state index in [9.17, 15) is 14.0 Å². The SMILES string of the molecule is CC(=O)c1ccc(OCCCCCC(=O)O)cc1F. The van der Waals surface area contributed by atoms with Crippen molar-refractivity contribution in [3.8, 4) is 5.75 Å². The first kappa shape index (κ1) is 15.1.